The summed E-state index contributed by atoms with van der Waals surface area (Å²) < 4.78 is 9.00. The largest absolute Gasteiger partial charge is 0.172 e. The molecule has 46 valence electrons. The van der Waals surface area contributed by atoms with Crippen molar-refractivity contribution in [2.45, 2.75) is 27.2 Å². The highest BCUT2D eigenvalue weighted by Gasteiger charge is 1.80. The molecule has 0 aliphatic heterocycles. The van der Waals surface area contributed by atoms with E-state index in [0.29, 0.717) is 0 Å². The van der Waals surface area contributed by atoms with Crippen molar-refractivity contribution in [3.8, 4) is 0 Å². The normalized spacial score (nSPS) is 7.71. The Balaban J connectivity index is 0. The van der Waals surface area contributed by atoms with Gasteiger partial charge in [0.1, 0.15) is 0 Å². The van der Waals surface area contributed by atoms with Gasteiger partial charge in [-0.3, -0.25) is 0 Å². The van der Waals surface area contributed by atoms with Crippen molar-refractivity contribution in [3.05, 3.63) is 0 Å². The molecular formula is C5H14FN. The van der Waals surface area contributed by atoms with E-state index in [1.807, 2.05) is 0 Å². The van der Waals surface area contributed by atoms with Gasteiger partial charge in [-0.25, -0.2) is 0 Å². The summed E-state index contributed by atoms with van der Waals surface area (Å²) in [6.45, 7) is 6.64. The highest BCUT2D eigenvalue weighted by atomic mass is 19.2. The maximum atomic E-state index is 9.00. The minimum absolute atomic E-state index is 0.884. The molecule has 0 fully saturated rings. The summed E-state index contributed by atoms with van der Waals surface area (Å²) in [6.07, 6.45) is 1.31. The first-order chi connectivity index (χ1) is 3.27. The van der Waals surface area contributed by atoms with Crippen LogP contribution in [0.4, 0.5) is 4.48 Å². The van der Waals surface area contributed by atoms with Gasteiger partial charge in [-0.05, 0) is 5.92 Å². The Labute approximate surface area is 44.6 Å². The van der Waals surface area contributed by atoms with Gasteiger partial charge in [0.15, 0.2) is 0 Å². The zero-order valence-corrected chi connectivity index (χ0v) is 5.24. The Bertz CT molecular complexity index is 22.0. The molecule has 0 unspecified atom stereocenters. The molecule has 0 rings (SSSR count). The highest BCUT2D eigenvalue weighted by molar-refractivity contribution is 4.32. The first-order valence-electron chi connectivity index (χ1n) is 2.49. The highest BCUT2D eigenvalue weighted by Crippen LogP contribution is 1.93. The summed E-state index contributed by atoms with van der Waals surface area (Å²) in [5.41, 5.74) is 0. The number of nitrogens with two attached hydrogens (primary N) is 1. The third-order valence-corrected chi connectivity index (χ3v) is 0.816. The number of halogens is 1. The molecule has 2 N–H and O–H groups in total. The second-order valence-corrected chi connectivity index (χ2v) is 1.80. The lowest BCUT2D eigenvalue weighted by Crippen LogP contribution is -1.77. The topological polar surface area (TPSA) is 26.0 Å². The lowest BCUT2D eigenvalue weighted by molar-refractivity contribution is 0.530. The fourth-order valence-electron chi connectivity index (χ4n) is 0. The van der Waals surface area contributed by atoms with Crippen molar-refractivity contribution >= 4 is 0 Å². The molecule has 0 bridgehead atoms. The van der Waals surface area contributed by atoms with E-state index in [4.69, 9.17) is 4.48 Å². The molecule has 0 saturated heterocycles. The maximum Gasteiger partial charge on any atom is -0.0474 e. The van der Waals surface area contributed by atoms with Crippen molar-refractivity contribution < 1.29 is 4.48 Å². The van der Waals surface area contributed by atoms with Crippen LogP contribution in [0.5, 0.6) is 0 Å². The molecule has 0 radical (unpaired) electrons. The molecule has 0 aromatic heterocycles. The smallest absolute Gasteiger partial charge is 0.0474 e. The zero-order chi connectivity index (χ0) is 6.28. The third-order valence-electron chi connectivity index (χ3n) is 0.816. The van der Waals surface area contributed by atoms with Crippen LogP contribution >= 0.6 is 0 Å². The van der Waals surface area contributed by atoms with Gasteiger partial charge in [0, 0.05) is 0 Å². The minimum Gasteiger partial charge on any atom is -0.172 e. The summed E-state index contributed by atoms with van der Waals surface area (Å²) in [5.74, 6) is 3.88. The standard InChI is InChI=1S/C5H12.FH2N/c1-4-5(2)3;1-2/h5H,4H2,1-3H3;2H2. The van der Waals surface area contributed by atoms with Gasteiger partial charge in [0.2, 0.25) is 0 Å². The second kappa shape index (κ2) is 9.31. The molecule has 1 nitrogen and oxygen atoms in total. The maximum absolute atomic E-state index is 9.00. The summed E-state index contributed by atoms with van der Waals surface area (Å²) in [7, 11) is 0. The molecule has 0 aromatic rings. The van der Waals surface area contributed by atoms with E-state index < -0.39 is 0 Å². The average molecular weight is 107 g/mol. The Hall–Kier alpha value is -0.110. The van der Waals surface area contributed by atoms with Crippen molar-refractivity contribution in [1.29, 1.82) is 0 Å². The van der Waals surface area contributed by atoms with E-state index in [0.717, 1.165) is 5.92 Å². The molecule has 0 aliphatic carbocycles. The fourth-order valence-corrected chi connectivity index (χ4v) is 0. The lowest BCUT2D eigenvalue weighted by atomic mass is 10.2. The quantitative estimate of drug-likeness (QED) is 0.509. The molecule has 0 saturated carbocycles. The fraction of sp³-hybridized carbons (Fsp3) is 1.00. The monoisotopic (exact) mass is 107 g/mol. The Morgan fingerprint density at radius 2 is 1.57 bits per heavy atom. The van der Waals surface area contributed by atoms with Gasteiger partial charge in [-0.2, -0.15) is 5.96 Å². The first-order valence-corrected chi connectivity index (χ1v) is 2.49. The van der Waals surface area contributed by atoms with E-state index in [-0.39, 0.29) is 0 Å². The van der Waals surface area contributed by atoms with Gasteiger partial charge >= 0.3 is 0 Å². The van der Waals surface area contributed by atoms with Crippen molar-refractivity contribution in [1.82, 2.24) is 0 Å². The predicted octanol–water partition coefficient (Wildman–Crippen LogP) is 1.88. The van der Waals surface area contributed by atoms with Crippen LogP contribution in [0.15, 0.2) is 0 Å². The molecule has 0 heterocycles. The lowest BCUT2D eigenvalue weighted by Gasteiger charge is -1.90. The van der Waals surface area contributed by atoms with Crippen LogP contribution < -0.4 is 5.96 Å². The molecule has 0 aromatic carbocycles. The van der Waals surface area contributed by atoms with Gasteiger partial charge < -0.3 is 0 Å². The van der Waals surface area contributed by atoms with E-state index in [1.54, 1.807) is 0 Å². The Morgan fingerprint density at radius 3 is 1.57 bits per heavy atom. The Kier molecular flexibility index (Phi) is 13.3. The Morgan fingerprint density at radius 1 is 1.43 bits per heavy atom. The van der Waals surface area contributed by atoms with Crippen molar-refractivity contribution in [3.63, 3.8) is 0 Å². The second-order valence-electron chi connectivity index (χ2n) is 1.80. The third kappa shape index (κ3) is 25.0. The average Bonchev–Trinajstić information content (AvgIpc) is 1.73. The van der Waals surface area contributed by atoms with Crippen LogP contribution in [0.3, 0.4) is 0 Å². The molecule has 0 amide bonds. The van der Waals surface area contributed by atoms with Crippen molar-refractivity contribution in [2.75, 3.05) is 0 Å². The van der Waals surface area contributed by atoms with E-state index in [1.165, 1.54) is 6.42 Å². The summed E-state index contributed by atoms with van der Waals surface area (Å²) in [5, 5.41) is 0. The van der Waals surface area contributed by atoms with E-state index >= 15 is 0 Å². The van der Waals surface area contributed by atoms with E-state index in [9.17, 15) is 0 Å². The molecule has 7 heavy (non-hydrogen) atoms. The zero-order valence-electron chi connectivity index (χ0n) is 5.24. The minimum atomic E-state index is 0.884. The number of hydrogen-bond acceptors (Lipinski definition) is 1. The van der Waals surface area contributed by atoms with Crippen LogP contribution in [0, 0.1) is 5.92 Å². The van der Waals surface area contributed by atoms with Crippen LogP contribution in [-0.2, 0) is 0 Å². The van der Waals surface area contributed by atoms with Crippen LogP contribution in [0.2, 0.25) is 0 Å². The number of hydrogen-bond donors (Lipinski definition) is 1. The number of rotatable bonds is 1. The SMILES string of the molecule is CCC(C)C.NF. The predicted molar refractivity (Wildman–Crippen MR) is 30.4 cm³/mol. The van der Waals surface area contributed by atoms with Crippen LogP contribution in [0.25, 0.3) is 0 Å². The molecule has 0 aliphatic rings. The van der Waals surface area contributed by atoms with Gasteiger partial charge in [-0.15, -0.1) is 4.48 Å². The van der Waals surface area contributed by atoms with Crippen LogP contribution in [-0.4, -0.2) is 0 Å². The molecule has 2 heteroatoms. The van der Waals surface area contributed by atoms with E-state index in [2.05, 4.69) is 26.7 Å². The van der Waals surface area contributed by atoms with Gasteiger partial charge in [0.25, 0.3) is 0 Å². The van der Waals surface area contributed by atoms with Crippen LogP contribution in [0.1, 0.15) is 27.2 Å². The first kappa shape index (κ1) is 10.00. The molecule has 0 spiro atoms. The summed E-state index contributed by atoms with van der Waals surface area (Å²) >= 11 is 0. The molecule has 0 atom stereocenters. The summed E-state index contributed by atoms with van der Waals surface area (Å²) in [6, 6.07) is 0. The molecular weight excluding hydrogens is 93.1 g/mol. The summed E-state index contributed by atoms with van der Waals surface area (Å²) in [4.78, 5) is 0. The van der Waals surface area contributed by atoms with Gasteiger partial charge in [0.05, 0.1) is 0 Å². The van der Waals surface area contributed by atoms with Crippen molar-refractivity contribution in [2.24, 2.45) is 11.9 Å². The van der Waals surface area contributed by atoms with Gasteiger partial charge in [-0.1, -0.05) is 27.2 Å².